The van der Waals surface area contributed by atoms with Crippen LogP contribution >= 0.6 is 12.2 Å². The molecule has 0 aromatic carbocycles. The Kier molecular flexibility index (Phi) is 4.34. The molecule has 1 unspecified atom stereocenters. The molecule has 2 heterocycles. The van der Waals surface area contributed by atoms with Crippen molar-refractivity contribution >= 4 is 23.1 Å². The largest absolute Gasteiger partial charge is 0.393 e. The zero-order valence-electron chi connectivity index (χ0n) is 10.1. The minimum absolute atomic E-state index is 0.158. The Morgan fingerprint density at radius 3 is 2.47 bits per heavy atom. The molecule has 0 spiro atoms. The van der Waals surface area contributed by atoms with Crippen molar-refractivity contribution in [2.75, 3.05) is 19.7 Å². The molecule has 0 aromatic rings. The summed E-state index contributed by atoms with van der Waals surface area (Å²) >= 11 is 4.99. The number of carbonyl (C=O) groups excluding carboxylic acids is 1. The zero-order chi connectivity index (χ0) is 12.3. The fraction of sp³-hybridized carbons (Fsp3) is 0.833. The van der Waals surface area contributed by atoms with Gasteiger partial charge in [0, 0.05) is 25.6 Å². The van der Waals surface area contributed by atoms with Crippen molar-refractivity contribution in [2.24, 2.45) is 11.7 Å². The van der Waals surface area contributed by atoms with E-state index in [1.807, 2.05) is 4.90 Å². The maximum atomic E-state index is 12.2. The van der Waals surface area contributed by atoms with E-state index in [-0.39, 0.29) is 12.0 Å². The fourth-order valence-electron chi connectivity index (χ4n) is 2.52. The molecule has 5 heteroatoms. The highest BCUT2D eigenvalue weighted by Crippen LogP contribution is 2.21. The number of hydrogen-bond acceptors (Lipinski definition) is 3. The third-order valence-electron chi connectivity index (χ3n) is 3.66. The van der Waals surface area contributed by atoms with Gasteiger partial charge < -0.3 is 15.4 Å². The van der Waals surface area contributed by atoms with Crippen LogP contribution in [0.3, 0.4) is 0 Å². The van der Waals surface area contributed by atoms with Crippen LogP contribution in [0.25, 0.3) is 0 Å². The number of likely N-dealkylation sites (tertiary alicyclic amines) is 1. The van der Waals surface area contributed by atoms with E-state index in [2.05, 4.69) is 0 Å². The number of hydrogen-bond donors (Lipinski definition) is 1. The lowest BCUT2D eigenvalue weighted by molar-refractivity contribution is -0.147. The molecule has 0 radical (unpaired) electrons. The van der Waals surface area contributed by atoms with Crippen LogP contribution in [0, 0.1) is 5.92 Å². The van der Waals surface area contributed by atoms with Crippen molar-refractivity contribution in [3.8, 4) is 0 Å². The highest BCUT2D eigenvalue weighted by Gasteiger charge is 2.30. The Balaban J connectivity index is 1.83. The molecule has 2 fully saturated rings. The summed E-state index contributed by atoms with van der Waals surface area (Å²) in [5.74, 6) is 0.465. The van der Waals surface area contributed by atoms with Gasteiger partial charge >= 0.3 is 0 Å². The molecule has 1 atom stereocenters. The van der Waals surface area contributed by atoms with Crippen LogP contribution in [0.4, 0.5) is 0 Å². The predicted octanol–water partition coefficient (Wildman–Crippen LogP) is 1.08. The second kappa shape index (κ2) is 5.78. The van der Waals surface area contributed by atoms with Gasteiger partial charge in [-0.15, -0.1) is 0 Å². The lowest BCUT2D eigenvalue weighted by Crippen LogP contribution is -2.47. The van der Waals surface area contributed by atoms with E-state index in [9.17, 15) is 4.79 Å². The predicted molar refractivity (Wildman–Crippen MR) is 69.7 cm³/mol. The first-order chi connectivity index (χ1) is 8.18. The highest BCUT2D eigenvalue weighted by molar-refractivity contribution is 7.80. The normalized spacial score (nSPS) is 26.8. The van der Waals surface area contributed by atoms with Crippen LogP contribution < -0.4 is 5.73 Å². The number of nitrogens with zero attached hydrogens (tertiary/aromatic N) is 1. The van der Waals surface area contributed by atoms with Crippen LogP contribution in [-0.2, 0) is 9.53 Å². The third kappa shape index (κ3) is 3.16. The number of piperidine rings is 1. The van der Waals surface area contributed by atoms with Gasteiger partial charge in [-0.2, -0.15) is 0 Å². The number of nitrogens with two attached hydrogens (primary N) is 1. The quantitative estimate of drug-likeness (QED) is 0.751. The Labute approximate surface area is 107 Å². The average molecular weight is 256 g/mol. The summed E-state index contributed by atoms with van der Waals surface area (Å²) in [6, 6.07) is 0. The van der Waals surface area contributed by atoms with Gasteiger partial charge in [-0.3, -0.25) is 4.79 Å². The highest BCUT2D eigenvalue weighted by atomic mass is 32.1. The maximum absolute atomic E-state index is 12.2. The minimum Gasteiger partial charge on any atom is -0.393 e. The van der Waals surface area contributed by atoms with E-state index in [4.69, 9.17) is 22.7 Å². The van der Waals surface area contributed by atoms with Crippen molar-refractivity contribution in [1.29, 1.82) is 0 Å². The van der Waals surface area contributed by atoms with Gasteiger partial charge in [-0.25, -0.2) is 0 Å². The van der Waals surface area contributed by atoms with E-state index < -0.39 is 0 Å². The lowest BCUT2D eigenvalue weighted by Gasteiger charge is -2.34. The molecule has 1 amide bonds. The third-order valence-corrected chi connectivity index (χ3v) is 4.00. The van der Waals surface area contributed by atoms with E-state index in [0.717, 1.165) is 51.8 Å². The van der Waals surface area contributed by atoms with E-state index in [0.29, 0.717) is 10.9 Å². The first-order valence-corrected chi connectivity index (χ1v) is 6.79. The maximum Gasteiger partial charge on any atom is 0.251 e. The van der Waals surface area contributed by atoms with Crippen LogP contribution in [0.2, 0.25) is 0 Å². The van der Waals surface area contributed by atoms with E-state index in [1.54, 1.807) is 0 Å². The van der Waals surface area contributed by atoms with Crippen LogP contribution in [0.1, 0.15) is 32.1 Å². The average Bonchev–Trinajstić information content (AvgIpc) is 2.39. The second-order valence-electron chi connectivity index (χ2n) is 4.86. The SMILES string of the molecule is NC(=S)C1CCN(C(=O)C2CCCCO2)CC1. The monoisotopic (exact) mass is 256 g/mol. The number of thiocarbonyl (C=S) groups is 1. The molecule has 2 N–H and O–H groups in total. The summed E-state index contributed by atoms with van der Waals surface area (Å²) in [5.41, 5.74) is 5.63. The number of ether oxygens (including phenoxy) is 1. The van der Waals surface area contributed by atoms with E-state index in [1.165, 1.54) is 0 Å². The summed E-state index contributed by atoms with van der Waals surface area (Å²) in [6.45, 7) is 2.25. The molecule has 0 aromatic heterocycles. The molecule has 2 aliphatic heterocycles. The minimum atomic E-state index is -0.204. The Hall–Kier alpha value is -0.680. The molecular formula is C12H20N2O2S. The van der Waals surface area contributed by atoms with Crippen molar-refractivity contribution in [2.45, 2.75) is 38.2 Å². The van der Waals surface area contributed by atoms with Gasteiger partial charge in [0.05, 0.1) is 4.99 Å². The lowest BCUT2D eigenvalue weighted by atomic mass is 9.96. The first-order valence-electron chi connectivity index (χ1n) is 6.38. The molecule has 2 saturated heterocycles. The van der Waals surface area contributed by atoms with Gasteiger partial charge in [-0.1, -0.05) is 12.2 Å². The van der Waals surface area contributed by atoms with Gasteiger partial charge in [0.2, 0.25) is 0 Å². The van der Waals surface area contributed by atoms with Crippen LogP contribution in [-0.4, -0.2) is 41.6 Å². The van der Waals surface area contributed by atoms with Crippen molar-refractivity contribution in [3.05, 3.63) is 0 Å². The summed E-state index contributed by atoms with van der Waals surface area (Å²) in [7, 11) is 0. The molecular weight excluding hydrogens is 236 g/mol. The number of rotatable bonds is 2. The van der Waals surface area contributed by atoms with Gasteiger partial charge in [0.25, 0.3) is 5.91 Å². The molecule has 17 heavy (non-hydrogen) atoms. The van der Waals surface area contributed by atoms with Crippen molar-refractivity contribution < 1.29 is 9.53 Å². The summed E-state index contributed by atoms with van der Waals surface area (Å²) < 4.78 is 5.53. The van der Waals surface area contributed by atoms with Gasteiger partial charge in [-0.05, 0) is 32.1 Å². The summed E-state index contributed by atoms with van der Waals surface area (Å²) in [5, 5.41) is 0. The Bertz CT molecular complexity index is 295. The number of amides is 1. The Morgan fingerprint density at radius 1 is 1.24 bits per heavy atom. The first kappa shape index (κ1) is 12.8. The molecule has 0 bridgehead atoms. The van der Waals surface area contributed by atoms with Crippen molar-refractivity contribution in [3.63, 3.8) is 0 Å². The second-order valence-corrected chi connectivity index (χ2v) is 5.33. The fourth-order valence-corrected chi connectivity index (χ4v) is 2.76. The zero-order valence-corrected chi connectivity index (χ0v) is 10.9. The van der Waals surface area contributed by atoms with Gasteiger partial charge in [0.1, 0.15) is 6.10 Å². The smallest absolute Gasteiger partial charge is 0.251 e. The summed E-state index contributed by atoms with van der Waals surface area (Å²) in [4.78, 5) is 14.7. The van der Waals surface area contributed by atoms with E-state index >= 15 is 0 Å². The summed E-state index contributed by atoms with van der Waals surface area (Å²) in [6.07, 6.45) is 4.63. The Morgan fingerprint density at radius 2 is 1.94 bits per heavy atom. The van der Waals surface area contributed by atoms with Gasteiger partial charge in [0.15, 0.2) is 0 Å². The van der Waals surface area contributed by atoms with Crippen molar-refractivity contribution in [1.82, 2.24) is 4.90 Å². The molecule has 4 nitrogen and oxygen atoms in total. The van der Waals surface area contributed by atoms with Crippen LogP contribution in [0.5, 0.6) is 0 Å². The topological polar surface area (TPSA) is 55.6 Å². The molecule has 0 saturated carbocycles. The molecule has 96 valence electrons. The molecule has 2 aliphatic rings. The standard InChI is InChI=1S/C12H20N2O2S/c13-11(17)9-4-6-14(7-5-9)12(15)10-3-1-2-8-16-10/h9-10H,1-8H2,(H2,13,17). The number of carbonyl (C=O) groups is 1. The molecule has 2 rings (SSSR count). The molecule has 0 aliphatic carbocycles. The van der Waals surface area contributed by atoms with Crippen LogP contribution in [0.15, 0.2) is 0 Å².